The molecule has 288 valence electrons. The van der Waals surface area contributed by atoms with Crippen molar-refractivity contribution in [2.75, 3.05) is 4.90 Å². The molecule has 0 bridgehead atoms. The monoisotopic (exact) mass is 777 g/mol. The van der Waals surface area contributed by atoms with Crippen molar-refractivity contribution in [1.82, 2.24) is 0 Å². The average Bonchev–Trinajstić information content (AvgIpc) is 3.74. The maximum Gasteiger partial charge on any atom is 0.0714 e. The molecule has 0 heterocycles. The fourth-order valence-electron chi connectivity index (χ4n) is 10.9. The molecule has 0 spiro atoms. The third-order valence-electron chi connectivity index (χ3n) is 13.7. The van der Waals surface area contributed by atoms with Crippen molar-refractivity contribution in [1.29, 1.82) is 0 Å². The summed E-state index contributed by atoms with van der Waals surface area (Å²) in [5, 5.41) is 5.03. The Bertz CT molecular complexity index is 3300. The molecule has 0 aliphatic heterocycles. The summed E-state index contributed by atoms with van der Waals surface area (Å²) in [5.41, 5.74) is 18.2. The van der Waals surface area contributed by atoms with Crippen LogP contribution in [0.15, 0.2) is 224 Å². The second kappa shape index (κ2) is 13.5. The Morgan fingerprint density at radius 2 is 0.852 bits per heavy atom. The molecule has 0 atom stereocenters. The Balaban J connectivity index is 1.14. The van der Waals surface area contributed by atoms with Gasteiger partial charge >= 0.3 is 0 Å². The number of rotatable bonds is 6. The maximum absolute atomic E-state index is 2.51. The van der Waals surface area contributed by atoms with E-state index in [2.05, 4.69) is 243 Å². The molecule has 0 N–H and O–H groups in total. The van der Waals surface area contributed by atoms with E-state index in [0.717, 1.165) is 17.1 Å². The van der Waals surface area contributed by atoms with Crippen LogP contribution in [0.3, 0.4) is 0 Å². The van der Waals surface area contributed by atoms with Gasteiger partial charge in [0.25, 0.3) is 0 Å². The van der Waals surface area contributed by atoms with Gasteiger partial charge in [0, 0.05) is 22.4 Å². The molecule has 1 heteroatoms. The van der Waals surface area contributed by atoms with E-state index in [1.807, 2.05) is 0 Å². The number of fused-ring (bicyclic) bond motifs is 9. The predicted molar refractivity (Wildman–Crippen MR) is 256 cm³/mol. The first-order valence-electron chi connectivity index (χ1n) is 21.4. The molecule has 61 heavy (non-hydrogen) atoms. The molecule has 2 aliphatic carbocycles. The topological polar surface area (TPSA) is 3.24 Å². The summed E-state index contributed by atoms with van der Waals surface area (Å²) in [6, 6.07) is 83.7. The van der Waals surface area contributed by atoms with Crippen LogP contribution in [0.4, 0.5) is 17.1 Å². The van der Waals surface area contributed by atoms with Crippen molar-refractivity contribution in [2.24, 2.45) is 0 Å². The quantitative estimate of drug-likeness (QED) is 0.152. The van der Waals surface area contributed by atoms with E-state index < -0.39 is 5.41 Å². The van der Waals surface area contributed by atoms with Gasteiger partial charge in [-0.25, -0.2) is 0 Å². The van der Waals surface area contributed by atoms with Gasteiger partial charge in [0.1, 0.15) is 0 Å². The van der Waals surface area contributed by atoms with Crippen molar-refractivity contribution in [2.45, 2.75) is 24.7 Å². The number of hydrogen-bond acceptors (Lipinski definition) is 1. The summed E-state index contributed by atoms with van der Waals surface area (Å²) in [5.74, 6) is 0. The molecule has 10 aromatic rings. The van der Waals surface area contributed by atoms with E-state index in [0.29, 0.717) is 0 Å². The van der Waals surface area contributed by atoms with Gasteiger partial charge in [0.2, 0.25) is 0 Å². The summed E-state index contributed by atoms with van der Waals surface area (Å²) in [6.07, 6.45) is 0. The number of hydrogen-bond donors (Lipinski definition) is 0. The smallest absolute Gasteiger partial charge is 0.0714 e. The molecular formula is C60H43N. The van der Waals surface area contributed by atoms with Gasteiger partial charge in [-0.15, -0.1) is 0 Å². The second-order valence-corrected chi connectivity index (χ2v) is 17.2. The van der Waals surface area contributed by atoms with Gasteiger partial charge in [0.15, 0.2) is 0 Å². The highest BCUT2D eigenvalue weighted by Gasteiger charge is 2.46. The summed E-state index contributed by atoms with van der Waals surface area (Å²) in [4.78, 5) is 2.51. The van der Waals surface area contributed by atoms with E-state index >= 15 is 0 Å². The third-order valence-corrected chi connectivity index (χ3v) is 13.7. The van der Waals surface area contributed by atoms with Crippen LogP contribution < -0.4 is 4.90 Å². The standard InChI is InChI=1S/C60H43N/c1-59(2)54-26-14-11-25-50(54)53-38-45(34-36-55(53)59)61(58-28-16-13-23-48(58)42-32-31-41-30-29-40-17-9-10-22-47(40)52(41)37-42)46-33-35-51-49-24-12-15-27-56(49)60(57(51)39-46,43-18-5-3-6-19-43)44-20-7-4-8-21-44/h3-39H,1-2H3. The van der Waals surface area contributed by atoms with E-state index in [-0.39, 0.29) is 5.41 Å². The number of para-hydroxylation sites is 1. The SMILES string of the molecule is CC1(C)c2ccccc2-c2cc(N(c3ccc4c(c3)C(c3ccccc3)(c3ccccc3)c3ccccc3-4)c3ccccc3-c3ccc4ccc5ccccc5c4c3)ccc21. The largest absolute Gasteiger partial charge is 0.310 e. The maximum atomic E-state index is 2.51. The molecule has 1 nitrogen and oxygen atoms in total. The minimum atomic E-state index is -0.518. The van der Waals surface area contributed by atoms with E-state index in [1.165, 1.54) is 88.3 Å². The lowest BCUT2D eigenvalue weighted by Gasteiger charge is -2.35. The molecule has 0 saturated heterocycles. The van der Waals surface area contributed by atoms with Crippen LogP contribution in [0.5, 0.6) is 0 Å². The normalized spacial score (nSPS) is 14.0. The number of anilines is 3. The van der Waals surface area contributed by atoms with Gasteiger partial charge in [-0.1, -0.05) is 202 Å². The molecule has 0 unspecified atom stereocenters. The Hall–Kier alpha value is -7.48. The third kappa shape index (κ3) is 5.20. The van der Waals surface area contributed by atoms with Crippen LogP contribution in [-0.4, -0.2) is 0 Å². The molecule has 12 rings (SSSR count). The first-order chi connectivity index (χ1) is 30.0. The summed E-state index contributed by atoms with van der Waals surface area (Å²) < 4.78 is 0. The molecular weight excluding hydrogens is 735 g/mol. The van der Waals surface area contributed by atoms with Crippen LogP contribution in [0.2, 0.25) is 0 Å². The van der Waals surface area contributed by atoms with Gasteiger partial charge < -0.3 is 4.90 Å². The molecule has 0 aromatic heterocycles. The summed E-state index contributed by atoms with van der Waals surface area (Å²) in [6.45, 7) is 4.72. The van der Waals surface area contributed by atoms with Crippen molar-refractivity contribution >= 4 is 38.6 Å². The molecule has 0 fully saturated rings. The fourth-order valence-corrected chi connectivity index (χ4v) is 10.9. The van der Waals surface area contributed by atoms with Crippen LogP contribution in [0, 0.1) is 0 Å². The lowest BCUT2D eigenvalue weighted by molar-refractivity contribution is 0.660. The lowest BCUT2D eigenvalue weighted by Crippen LogP contribution is -2.28. The van der Waals surface area contributed by atoms with Crippen LogP contribution in [-0.2, 0) is 10.8 Å². The second-order valence-electron chi connectivity index (χ2n) is 17.2. The zero-order valence-corrected chi connectivity index (χ0v) is 34.3. The summed E-state index contributed by atoms with van der Waals surface area (Å²) in [7, 11) is 0. The van der Waals surface area contributed by atoms with Crippen LogP contribution in [0.25, 0.3) is 54.9 Å². The highest BCUT2D eigenvalue weighted by atomic mass is 15.1. The van der Waals surface area contributed by atoms with Crippen LogP contribution in [0.1, 0.15) is 47.2 Å². The van der Waals surface area contributed by atoms with Gasteiger partial charge in [-0.05, 0) is 119 Å². The molecule has 0 saturated carbocycles. The average molecular weight is 778 g/mol. The molecule has 0 amide bonds. The Morgan fingerprint density at radius 3 is 1.61 bits per heavy atom. The molecule has 0 radical (unpaired) electrons. The first kappa shape index (κ1) is 35.5. The van der Waals surface area contributed by atoms with E-state index in [9.17, 15) is 0 Å². The first-order valence-corrected chi connectivity index (χ1v) is 21.4. The Kier molecular flexibility index (Phi) is 7.86. The van der Waals surface area contributed by atoms with E-state index in [4.69, 9.17) is 0 Å². The van der Waals surface area contributed by atoms with Crippen LogP contribution >= 0.6 is 0 Å². The van der Waals surface area contributed by atoms with Crippen molar-refractivity contribution in [3.05, 3.63) is 258 Å². The molecule has 10 aromatic carbocycles. The van der Waals surface area contributed by atoms with Gasteiger partial charge in [-0.3, -0.25) is 0 Å². The predicted octanol–water partition coefficient (Wildman–Crippen LogP) is 15.8. The summed E-state index contributed by atoms with van der Waals surface area (Å²) >= 11 is 0. The Labute approximate surface area is 357 Å². The zero-order chi connectivity index (χ0) is 40.7. The van der Waals surface area contributed by atoms with E-state index in [1.54, 1.807) is 0 Å². The van der Waals surface area contributed by atoms with Crippen molar-refractivity contribution in [3.63, 3.8) is 0 Å². The highest BCUT2D eigenvalue weighted by Crippen LogP contribution is 2.58. The number of nitrogens with zero attached hydrogens (tertiary/aromatic N) is 1. The molecule has 2 aliphatic rings. The minimum Gasteiger partial charge on any atom is -0.310 e. The minimum absolute atomic E-state index is 0.0919. The number of benzene rings is 10. The Morgan fingerprint density at radius 1 is 0.328 bits per heavy atom. The fraction of sp³-hybridized carbons (Fsp3) is 0.0667. The highest BCUT2D eigenvalue weighted by molar-refractivity contribution is 6.09. The van der Waals surface area contributed by atoms with Crippen molar-refractivity contribution in [3.8, 4) is 33.4 Å². The van der Waals surface area contributed by atoms with Gasteiger partial charge in [-0.2, -0.15) is 0 Å². The lowest BCUT2D eigenvalue weighted by atomic mass is 9.67. The zero-order valence-electron chi connectivity index (χ0n) is 34.3. The van der Waals surface area contributed by atoms with Gasteiger partial charge in [0.05, 0.1) is 11.1 Å². The van der Waals surface area contributed by atoms with Crippen molar-refractivity contribution < 1.29 is 0 Å².